The van der Waals surface area contributed by atoms with Gasteiger partial charge in [-0.3, -0.25) is 35.7 Å². The third-order valence-electron chi connectivity index (χ3n) is 5.48. The van der Waals surface area contributed by atoms with Gasteiger partial charge in [-0.05, 0) is 24.0 Å². The summed E-state index contributed by atoms with van der Waals surface area (Å²) in [4.78, 5) is 33.4. The van der Waals surface area contributed by atoms with Gasteiger partial charge < -0.3 is 9.47 Å². The van der Waals surface area contributed by atoms with Gasteiger partial charge in [-0.1, -0.05) is 24.3 Å². The first-order valence-corrected chi connectivity index (χ1v) is 10.1. The zero-order chi connectivity index (χ0) is 22.7. The molecule has 0 radical (unpaired) electrons. The Balaban J connectivity index is 1.26. The molecule has 0 saturated carbocycles. The zero-order valence-corrected chi connectivity index (χ0v) is 17.0. The predicted octanol–water partition coefficient (Wildman–Crippen LogP) is 1.49. The molecule has 11 nitrogen and oxygen atoms in total. The van der Waals surface area contributed by atoms with E-state index in [-0.39, 0.29) is 29.2 Å². The van der Waals surface area contributed by atoms with E-state index in [1.54, 1.807) is 24.3 Å². The molecule has 0 bridgehead atoms. The van der Waals surface area contributed by atoms with E-state index >= 15 is 0 Å². The number of nitro benzene ring substituents is 2. The summed E-state index contributed by atoms with van der Waals surface area (Å²) in [6.07, 6.45) is -0.449. The molecule has 168 valence electrons. The third-order valence-corrected chi connectivity index (χ3v) is 5.48. The summed E-state index contributed by atoms with van der Waals surface area (Å²) >= 11 is 0. The van der Waals surface area contributed by atoms with Crippen molar-refractivity contribution in [2.24, 2.45) is 0 Å². The van der Waals surface area contributed by atoms with Gasteiger partial charge in [0.05, 0.1) is 23.1 Å². The molecule has 2 unspecified atom stereocenters. The highest BCUT2D eigenvalue weighted by Crippen LogP contribution is 2.19. The molecule has 4 atom stereocenters. The molecule has 0 amide bonds. The highest BCUT2D eigenvalue weighted by atomic mass is 16.6. The van der Waals surface area contributed by atoms with Gasteiger partial charge >= 0.3 is 0 Å². The minimum atomic E-state index is -0.798. The summed E-state index contributed by atoms with van der Waals surface area (Å²) in [5.41, 5.74) is 1.88. The standard InChI is InChI=1S/C21H22N4O7/c26-19(20-22-15(11-31-20)9-13-1-5-17(6-2-13)24(27)28)21-23-16(12-32-21)10-14-3-7-18(8-4-14)25(29)30/h1-8,15-16,20-23H,9-12H2/t15-,16-,20?,21?/m0/s1. The van der Waals surface area contributed by atoms with Crippen LogP contribution < -0.4 is 10.6 Å². The Kier molecular flexibility index (Phi) is 6.51. The number of non-ortho nitro benzene ring substituents is 2. The molecule has 2 aromatic rings. The molecule has 2 heterocycles. The van der Waals surface area contributed by atoms with Crippen LogP contribution in [0.25, 0.3) is 0 Å². The van der Waals surface area contributed by atoms with Gasteiger partial charge in [0.1, 0.15) is 0 Å². The molecule has 2 fully saturated rings. The number of nitro groups is 2. The second kappa shape index (κ2) is 9.49. The van der Waals surface area contributed by atoms with Crippen molar-refractivity contribution in [2.45, 2.75) is 37.4 Å². The van der Waals surface area contributed by atoms with Gasteiger partial charge in [-0.2, -0.15) is 0 Å². The molecule has 2 saturated heterocycles. The lowest BCUT2D eigenvalue weighted by Gasteiger charge is -2.16. The number of ketones is 1. The maximum Gasteiger partial charge on any atom is 0.269 e. The summed E-state index contributed by atoms with van der Waals surface area (Å²) in [5.74, 6) is -0.248. The minimum Gasteiger partial charge on any atom is -0.354 e. The number of carbonyl (C=O) groups is 1. The molecule has 2 aromatic carbocycles. The topological polar surface area (TPSA) is 146 Å². The first-order valence-electron chi connectivity index (χ1n) is 10.1. The molecular formula is C21H22N4O7. The second-order valence-electron chi connectivity index (χ2n) is 7.81. The van der Waals surface area contributed by atoms with Gasteiger partial charge in [0.25, 0.3) is 11.4 Å². The minimum absolute atomic E-state index is 0.0326. The fourth-order valence-electron chi connectivity index (χ4n) is 3.82. The average molecular weight is 442 g/mol. The molecule has 4 rings (SSSR count). The smallest absolute Gasteiger partial charge is 0.269 e. The first-order chi connectivity index (χ1) is 15.4. The molecule has 2 aliphatic heterocycles. The van der Waals surface area contributed by atoms with E-state index in [9.17, 15) is 25.0 Å². The van der Waals surface area contributed by atoms with E-state index in [0.29, 0.717) is 26.1 Å². The van der Waals surface area contributed by atoms with E-state index in [4.69, 9.17) is 9.47 Å². The fourth-order valence-corrected chi connectivity index (χ4v) is 3.82. The van der Waals surface area contributed by atoms with Gasteiger partial charge in [-0.15, -0.1) is 0 Å². The molecule has 11 heteroatoms. The third kappa shape index (κ3) is 5.14. The summed E-state index contributed by atoms with van der Waals surface area (Å²) in [6, 6.07) is 12.4. The van der Waals surface area contributed by atoms with Gasteiger partial charge in [0, 0.05) is 36.3 Å². The first kappa shape index (κ1) is 22.0. The lowest BCUT2D eigenvalue weighted by atomic mass is 10.1. The Hall–Kier alpha value is -3.25. The van der Waals surface area contributed by atoms with Crippen molar-refractivity contribution in [1.82, 2.24) is 10.6 Å². The van der Waals surface area contributed by atoms with Crippen LogP contribution in [0.2, 0.25) is 0 Å². The summed E-state index contributed by atoms with van der Waals surface area (Å²) in [5, 5.41) is 27.8. The van der Waals surface area contributed by atoms with E-state index in [1.807, 2.05) is 0 Å². The van der Waals surface area contributed by atoms with Gasteiger partial charge in [-0.25, -0.2) is 0 Å². The Morgan fingerprint density at radius 3 is 1.50 bits per heavy atom. The second-order valence-corrected chi connectivity index (χ2v) is 7.81. The lowest BCUT2D eigenvalue weighted by molar-refractivity contribution is -0.385. The van der Waals surface area contributed by atoms with Crippen molar-refractivity contribution in [3.05, 3.63) is 79.9 Å². The number of rotatable bonds is 8. The van der Waals surface area contributed by atoms with Gasteiger partial charge in [0.15, 0.2) is 12.5 Å². The monoisotopic (exact) mass is 442 g/mol. The van der Waals surface area contributed by atoms with Crippen LogP contribution in [0, 0.1) is 20.2 Å². The predicted molar refractivity (Wildman–Crippen MR) is 112 cm³/mol. The number of hydrogen-bond acceptors (Lipinski definition) is 9. The molecule has 0 aliphatic carbocycles. The van der Waals surface area contributed by atoms with Crippen molar-refractivity contribution in [1.29, 1.82) is 0 Å². The van der Waals surface area contributed by atoms with Crippen LogP contribution in [-0.4, -0.2) is 53.4 Å². The fraction of sp³-hybridized carbons (Fsp3) is 0.381. The Morgan fingerprint density at radius 2 is 1.16 bits per heavy atom. The van der Waals surface area contributed by atoms with E-state index < -0.39 is 22.3 Å². The Bertz CT molecular complexity index is 917. The highest BCUT2D eigenvalue weighted by Gasteiger charge is 2.38. The maximum absolute atomic E-state index is 12.8. The van der Waals surface area contributed by atoms with Crippen molar-refractivity contribution >= 4 is 17.2 Å². The normalized spacial score (nSPS) is 25.0. The Labute approximate surface area is 183 Å². The maximum atomic E-state index is 12.8. The largest absolute Gasteiger partial charge is 0.354 e. The Morgan fingerprint density at radius 1 is 0.781 bits per heavy atom. The number of nitrogens with zero attached hydrogens (tertiary/aromatic N) is 2. The number of Topliss-reactive ketones (excluding diaryl/α,β-unsaturated/α-hetero) is 1. The lowest BCUT2D eigenvalue weighted by Crippen LogP contribution is -2.47. The van der Waals surface area contributed by atoms with E-state index in [0.717, 1.165) is 11.1 Å². The van der Waals surface area contributed by atoms with Crippen LogP contribution in [0.15, 0.2) is 48.5 Å². The van der Waals surface area contributed by atoms with Crippen LogP contribution in [0.5, 0.6) is 0 Å². The van der Waals surface area contributed by atoms with E-state index in [2.05, 4.69) is 10.6 Å². The van der Waals surface area contributed by atoms with Crippen LogP contribution in [0.4, 0.5) is 11.4 Å². The molecule has 2 N–H and O–H groups in total. The van der Waals surface area contributed by atoms with Crippen LogP contribution in [0.1, 0.15) is 11.1 Å². The molecule has 0 spiro atoms. The number of carbonyl (C=O) groups excluding carboxylic acids is 1. The quantitative estimate of drug-likeness (QED) is 0.458. The van der Waals surface area contributed by atoms with Crippen LogP contribution in [0.3, 0.4) is 0 Å². The molecule has 2 aliphatic rings. The van der Waals surface area contributed by atoms with Crippen molar-refractivity contribution in [2.75, 3.05) is 13.2 Å². The van der Waals surface area contributed by atoms with Crippen LogP contribution in [-0.2, 0) is 27.1 Å². The summed E-state index contributed by atoms with van der Waals surface area (Å²) < 4.78 is 11.2. The number of nitrogens with one attached hydrogen (secondary N) is 2. The highest BCUT2D eigenvalue weighted by molar-refractivity contribution is 5.87. The van der Waals surface area contributed by atoms with Crippen molar-refractivity contribution < 1.29 is 24.1 Å². The SMILES string of the molecule is O=C(C1N[C@@H](Cc2ccc([N+](=O)[O-])cc2)CO1)C1N[C@@H](Cc2ccc([N+](=O)[O-])cc2)CO1. The summed E-state index contributed by atoms with van der Waals surface area (Å²) in [6.45, 7) is 0.679. The van der Waals surface area contributed by atoms with Gasteiger partial charge in [0.2, 0.25) is 5.78 Å². The number of hydrogen-bond donors (Lipinski definition) is 2. The molecular weight excluding hydrogens is 420 g/mol. The number of ether oxygens (including phenoxy) is 2. The average Bonchev–Trinajstić information content (AvgIpc) is 3.44. The molecule has 32 heavy (non-hydrogen) atoms. The number of benzene rings is 2. The molecule has 0 aromatic heterocycles. The summed E-state index contributed by atoms with van der Waals surface area (Å²) in [7, 11) is 0. The van der Waals surface area contributed by atoms with Crippen molar-refractivity contribution in [3.63, 3.8) is 0 Å². The van der Waals surface area contributed by atoms with Crippen molar-refractivity contribution in [3.8, 4) is 0 Å². The van der Waals surface area contributed by atoms with E-state index in [1.165, 1.54) is 24.3 Å². The zero-order valence-electron chi connectivity index (χ0n) is 17.0. The van der Waals surface area contributed by atoms with Crippen LogP contribution >= 0.6 is 0 Å².